The highest BCUT2D eigenvalue weighted by atomic mass is 19.1. The molecule has 36 heavy (non-hydrogen) atoms. The molecule has 1 aliphatic rings. The van der Waals surface area contributed by atoms with E-state index in [1.54, 1.807) is 6.07 Å². The fourth-order valence-corrected chi connectivity index (χ4v) is 4.65. The molecule has 0 fully saturated rings. The van der Waals surface area contributed by atoms with Gasteiger partial charge >= 0.3 is 5.97 Å². The number of aryl methyl sites for hydroxylation is 1. The average Bonchev–Trinajstić information content (AvgIpc) is 3.25. The van der Waals surface area contributed by atoms with Crippen LogP contribution in [-0.4, -0.2) is 25.2 Å². The first-order valence-electron chi connectivity index (χ1n) is 12.1. The summed E-state index contributed by atoms with van der Waals surface area (Å²) < 4.78 is 31.0. The Balaban J connectivity index is 1.62. The Bertz CT molecular complexity index is 1280. The predicted octanol–water partition coefficient (Wildman–Crippen LogP) is 6.78. The van der Waals surface area contributed by atoms with E-state index in [0.717, 1.165) is 40.8 Å². The lowest BCUT2D eigenvalue weighted by Gasteiger charge is -2.25. The van der Waals surface area contributed by atoms with Crippen LogP contribution in [0, 0.1) is 11.2 Å². The third kappa shape index (κ3) is 5.76. The highest BCUT2D eigenvalue weighted by molar-refractivity contribution is 5.85. The molecule has 2 aromatic carbocycles. The molecule has 0 radical (unpaired) electrons. The molecule has 3 aromatic rings. The minimum absolute atomic E-state index is 0.0181. The number of methoxy groups -OCH3 is 2. The van der Waals surface area contributed by atoms with Gasteiger partial charge in [-0.1, -0.05) is 44.2 Å². The molecule has 1 heterocycles. The Hall–Kier alpha value is -3.67. The van der Waals surface area contributed by atoms with Gasteiger partial charge in [0.1, 0.15) is 18.2 Å². The quantitative estimate of drug-likeness (QED) is 0.310. The van der Waals surface area contributed by atoms with Crippen molar-refractivity contribution in [2.45, 2.75) is 46.1 Å². The van der Waals surface area contributed by atoms with Crippen LogP contribution in [0.25, 0.3) is 16.7 Å². The number of aromatic nitrogens is 1. The van der Waals surface area contributed by atoms with E-state index in [1.807, 2.05) is 36.4 Å². The summed E-state index contributed by atoms with van der Waals surface area (Å²) in [6.07, 6.45) is 6.41. The summed E-state index contributed by atoms with van der Waals surface area (Å²) >= 11 is 0. The second-order valence-electron chi connectivity index (χ2n) is 9.64. The van der Waals surface area contributed by atoms with Crippen molar-refractivity contribution in [3.05, 3.63) is 83.3 Å². The van der Waals surface area contributed by atoms with Gasteiger partial charge in [0.15, 0.2) is 0 Å². The van der Waals surface area contributed by atoms with Crippen LogP contribution in [0.3, 0.4) is 0 Å². The van der Waals surface area contributed by atoms with Crippen LogP contribution in [0.1, 0.15) is 49.8 Å². The number of carbonyl (C=O) groups excluding carboxylic acids is 1. The number of ether oxygens (including phenoxy) is 3. The Morgan fingerprint density at radius 3 is 2.58 bits per heavy atom. The molecule has 6 heteroatoms. The van der Waals surface area contributed by atoms with Gasteiger partial charge in [-0.3, -0.25) is 4.79 Å². The van der Waals surface area contributed by atoms with Gasteiger partial charge in [-0.05, 0) is 70.7 Å². The monoisotopic (exact) mass is 489 g/mol. The van der Waals surface area contributed by atoms with Gasteiger partial charge in [-0.25, -0.2) is 9.37 Å². The van der Waals surface area contributed by atoms with Crippen LogP contribution < -0.4 is 9.47 Å². The number of carbonyl (C=O) groups is 1. The summed E-state index contributed by atoms with van der Waals surface area (Å²) in [7, 11) is 2.92. The van der Waals surface area contributed by atoms with Crippen molar-refractivity contribution in [2.24, 2.45) is 5.41 Å². The molecule has 188 valence electrons. The Labute approximate surface area is 211 Å². The molecule has 0 atom stereocenters. The minimum Gasteiger partial charge on any atom is -0.489 e. The minimum atomic E-state index is -0.388. The van der Waals surface area contributed by atoms with E-state index < -0.39 is 0 Å². The molecule has 0 spiro atoms. The van der Waals surface area contributed by atoms with Crippen LogP contribution in [0.5, 0.6) is 11.6 Å². The summed E-state index contributed by atoms with van der Waals surface area (Å²) in [6, 6.07) is 15.4. The maximum atomic E-state index is 14.9. The number of pyridine rings is 1. The van der Waals surface area contributed by atoms with Crippen LogP contribution in [0.2, 0.25) is 0 Å². The maximum absolute atomic E-state index is 14.9. The molecule has 0 unspecified atom stereocenters. The molecule has 1 aromatic heterocycles. The summed E-state index contributed by atoms with van der Waals surface area (Å²) in [5.41, 5.74) is 5.45. The summed E-state index contributed by atoms with van der Waals surface area (Å²) in [5.74, 6) is 0.479. The number of allylic oxidation sites excluding steroid dienone is 2. The number of esters is 1. The topological polar surface area (TPSA) is 57.7 Å². The summed E-state index contributed by atoms with van der Waals surface area (Å²) in [6.45, 7) is 4.81. The Kier molecular flexibility index (Phi) is 7.73. The molecule has 0 saturated heterocycles. The van der Waals surface area contributed by atoms with Gasteiger partial charge in [-0.2, -0.15) is 0 Å². The van der Waals surface area contributed by atoms with Gasteiger partial charge in [0.25, 0.3) is 0 Å². The number of rotatable bonds is 9. The molecule has 4 rings (SSSR count). The molecule has 0 N–H and O–H groups in total. The highest BCUT2D eigenvalue weighted by Gasteiger charge is 2.30. The van der Waals surface area contributed by atoms with Crippen molar-refractivity contribution < 1.29 is 23.4 Å². The zero-order valence-electron chi connectivity index (χ0n) is 21.3. The zero-order valence-corrected chi connectivity index (χ0v) is 21.3. The van der Waals surface area contributed by atoms with Crippen LogP contribution >= 0.6 is 0 Å². The van der Waals surface area contributed by atoms with Crippen molar-refractivity contribution in [1.82, 2.24) is 4.98 Å². The van der Waals surface area contributed by atoms with E-state index in [9.17, 15) is 9.18 Å². The van der Waals surface area contributed by atoms with Gasteiger partial charge in [0.05, 0.1) is 20.4 Å². The molecule has 0 saturated carbocycles. The van der Waals surface area contributed by atoms with Gasteiger partial charge in [0.2, 0.25) is 5.88 Å². The number of nitrogens with zero attached hydrogens (tertiary/aromatic N) is 1. The lowest BCUT2D eigenvalue weighted by molar-refractivity contribution is -0.140. The smallest absolute Gasteiger partial charge is 0.305 e. The lowest BCUT2D eigenvalue weighted by Crippen LogP contribution is -2.10. The highest BCUT2D eigenvalue weighted by Crippen LogP contribution is 2.47. The maximum Gasteiger partial charge on any atom is 0.305 e. The second-order valence-corrected chi connectivity index (χ2v) is 9.64. The van der Waals surface area contributed by atoms with E-state index >= 15 is 0 Å². The molecular weight excluding hydrogens is 457 g/mol. The predicted molar refractivity (Wildman–Crippen MR) is 138 cm³/mol. The van der Waals surface area contributed by atoms with Crippen molar-refractivity contribution in [3.8, 4) is 22.8 Å². The lowest BCUT2D eigenvalue weighted by atomic mass is 9.79. The van der Waals surface area contributed by atoms with E-state index in [2.05, 4.69) is 31.0 Å². The standard InChI is InChI=1S/C30H32FNO4/c1-30(2)14-6-9-26(30)24-16-21(10-12-23(24)25-17-28(34-3)32-18-27(25)31)19-36-22-8-5-7-20(15-22)11-13-29(33)35-4/h5,7-10,12,15-18H,6,11,13-14,19H2,1-4H3. The number of hydrogen-bond donors (Lipinski definition) is 0. The Morgan fingerprint density at radius 1 is 1.03 bits per heavy atom. The zero-order chi connectivity index (χ0) is 25.7. The molecule has 0 amide bonds. The van der Waals surface area contributed by atoms with Gasteiger partial charge < -0.3 is 14.2 Å². The third-order valence-electron chi connectivity index (χ3n) is 6.70. The third-order valence-corrected chi connectivity index (χ3v) is 6.70. The largest absolute Gasteiger partial charge is 0.489 e. The Morgan fingerprint density at radius 2 is 1.86 bits per heavy atom. The second kappa shape index (κ2) is 10.9. The van der Waals surface area contributed by atoms with Crippen molar-refractivity contribution >= 4 is 11.5 Å². The van der Waals surface area contributed by atoms with Gasteiger partial charge in [0, 0.05) is 18.1 Å². The van der Waals surface area contributed by atoms with E-state index in [1.165, 1.54) is 26.0 Å². The fourth-order valence-electron chi connectivity index (χ4n) is 4.65. The fraction of sp³-hybridized carbons (Fsp3) is 0.333. The first-order valence-corrected chi connectivity index (χ1v) is 12.1. The molecule has 0 aliphatic heterocycles. The van der Waals surface area contributed by atoms with Crippen LogP contribution in [0.15, 0.2) is 60.8 Å². The molecule has 1 aliphatic carbocycles. The van der Waals surface area contributed by atoms with E-state index in [-0.39, 0.29) is 17.2 Å². The molecule has 5 nitrogen and oxygen atoms in total. The first-order chi connectivity index (χ1) is 17.3. The summed E-state index contributed by atoms with van der Waals surface area (Å²) in [4.78, 5) is 15.5. The first kappa shape index (κ1) is 25.4. The van der Waals surface area contributed by atoms with Crippen LogP contribution in [-0.2, 0) is 22.6 Å². The van der Waals surface area contributed by atoms with E-state index in [0.29, 0.717) is 30.9 Å². The van der Waals surface area contributed by atoms with Crippen molar-refractivity contribution in [2.75, 3.05) is 14.2 Å². The molecular formula is C30H32FNO4. The summed E-state index contributed by atoms with van der Waals surface area (Å²) in [5, 5.41) is 0. The van der Waals surface area contributed by atoms with Gasteiger partial charge in [-0.15, -0.1) is 0 Å². The average molecular weight is 490 g/mol. The normalized spacial score (nSPS) is 14.3. The van der Waals surface area contributed by atoms with Crippen LogP contribution in [0.4, 0.5) is 4.39 Å². The van der Waals surface area contributed by atoms with Crippen molar-refractivity contribution in [3.63, 3.8) is 0 Å². The number of halogens is 1. The van der Waals surface area contributed by atoms with E-state index in [4.69, 9.17) is 14.2 Å². The van der Waals surface area contributed by atoms with Crippen molar-refractivity contribution in [1.29, 1.82) is 0 Å². The number of hydrogen-bond acceptors (Lipinski definition) is 5. The molecule has 0 bridgehead atoms. The SMILES string of the molecule is COC(=O)CCc1cccc(OCc2ccc(-c3cc(OC)ncc3F)c(C3=CCCC3(C)C)c2)c1. The number of benzene rings is 2.